The van der Waals surface area contributed by atoms with Gasteiger partial charge in [0.15, 0.2) is 0 Å². The number of aliphatic hydroxyl groups is 1. The van der Waals surface area contributed by atoms with E-state index in [-0.39, 0.29) is 12.0 Å². The summed E-state index contributed by atoms with van der Waals surface area (Å²) >= 11 is 0. The number of halogens is 7. The molecule has 0 spiro atoms. The molecule has 2 saturated heterocycles. The molecule has 2 N–H and O–H groups in total. The first kappa shape index (κ1) is 22.5. The van der Waals surface area contributed by atoms with Crippen LogP contribution in [0.4, 0.5) is 36.4 Å². The van der Waals surface area contributed by atoms with Crippen LogP contribution in [0.3, 0.4) is 0 Å². The predicted octanol–water partition coefficient (Wildman–Crippen LogP) is 4.73. The molecular formula is C21H16F7NO3. The SMILES string of the molecule is O=C(Nc1cc(C(F)(F)F)ccc1F)C1C2CC(O)C(O2)C1c1cccc(C(F)(F)F)c1. The Kier molecular flexibility index (Phi) is 5.44. The lowest BCUT2D eigenvalue weighted by Crippen LogP contribution is -2.41. The zero-order valence-corrected chi connectivity index (χ0v) is 16.0. The minimum absolute atomic E-state index is 0.0172. The van der Waals surface area contributed by atoms with Crippen LogP contribution in [-0.2, 0) is 21.9 Å². The Morgan fingerprint density at radius 2 is 1.66 bits per heavy atom. The number of hydrogen-bond donors (Lipinski definition) is 2. The molecule has 0 saturated carbocycles. The number of carbonyl (C=O) groups is 1. The molecule has 11 heteroatoms. The second-order valence-electron chi connectivity index (χ2n) is 7.80. The number of alkyl halides is 6. The maximum Gasteiger partial charge on any atom is 0.416 e. The fourth-order valence-electron chi connectivity index (χ4n) is 4.38. The van der Waals surface area contributed by atoms with E-state index in [9.17, 15) is 40.6 Å². The Morgan fingerprint density at radius 3 is 2.31 bits per heavy atom. The Morgan fingerprint density at radius 1 is 1.00 bits per heavy atom. The van der Waals surface area contributed by atoms with Gasteiger partial charge in [0.1, 0.15) is 5.82 Å². The van der Waals surface area contributed by atoms with E-state index >= 15 is 0 Å². The van der Waals surface area contributed by atoms with Gasteiger partial charge in [0.25, 0.3) is 0 Å². The van der Waals surface area contributed by atoms with Crippen LogP contribution in [-0.4, -0.2) is 29.3 Å². The molecule has 2 fully saturated rings. The molecule has 0 aliphatic carbocycles. The maximum atomic E-state index is 14.1. The van der Waals surface area contributed by atoms with Crippen molar-refractivity contribution >= 4 is 11.6 Å². The van der Waals surface area contributed by atoms with Crippen LogP contribution in [0.25, 0.3) is 0 Å². The lowest BCUT2D eigenvalue weighted by atomic mass is 9.73. The number of benzene rings is 2. The van der Waals surface area contributed by atoms with Crippen molar-refractivity contribution in [2.75, 3.05) is 5.32 Å². The van der Waals surface area contributed by atoms with E-state index < -0.39 is 71.0 Å². The van der Waals surface area contributed by atoms with Crippen LogP contribution in [0, 0.1) is 11.7 Å². The van der Waals surface area contributed by atoms with Crippen molar-refractivity contribution < 1.29 is 45.4 Å². The summed E-state index contributed by atoms with van der Waals surface area (Å²) in [7, 11) is 0. The highest BCUT2D eigenvalue weighted by molar-refractivity contribution is 5.94. The molecule has 0 radical (unpaired) electrons. The van der Waals surface area contributed by atoms with Crippen molar-refractivity contribution in [2.24, 2.45) is 5.92 Å². The fraction of sp³-hybridized carbons (Fsp3) is 0.381. The third-order valence-electron chi connectivity index (χ3n) is 5.78. The highest BCUT2D eigenvalue weighted by Gasteiger charge is 2.57. The van der Waals surface area contributed by atoms with Gasteiger partial charge in [-0.05, 0) is 29.8 Å². The smallest absolute Gasteiger partial charge is 0.390 e. The molecule has 5 atom stereocenters. The number of hydrogen-bond acceptors (Lipinski definition) is 3. The molecule has 0 aromatic heterocycles. The van der Waals surface area contributed by atoms with Gasteiger partial charge >= 0.3 is 12.4 Å². The number of carbonyl (C=O) groups excluding carboxylic acids is 1. The highest BCUT2D eigenvalue weighted by Crippen LogP contribution is 2.50. The molecule has 2 aromatic carbocycles. The molecular weight excluding hydrogens is 447 g/mol. The van der Waals surface area contributed by atoms with Crippen molar-refractivity contribution in [1.29, 1.82) is 0 Å². The quantitative estimate of drug-likeness (QED) is 0.647. The molecule has 4 rings (SSSR count). The van der Waals surface area contributed by atoms with Crippen molar-refractivity contribution in [1.82, 2.24) is 0 Å². The average Bonchev–Trinajstić information content (AvgIpc) is 3.25. The van der Waals surface area contributed by atoms with E-state index in [0.29, 0.717) is 18.2 Å². The predicted molar refractivity (Wildman–Crippen MR) is 97.0 cm³/mol. The summed E-state index contributed by atoms with van der Waals surface area (Å²) in [6, 6.07) is 5.71. The second kappa shape index (κ2) is 7.73. The molecule has 2 aromatic rings. The van der Waals surface area contributed by atoms with Crippen LogP contribution < -0.4 is 5.32 Å². The topological polar surface area (TPSA) is 58.6 Å². The van der Waals surface area contributed by atoms with Crippen molar-refractivity contribution in [3.05, 3.63) is 65.0 Å². The normalized spacial score (nSPS) is 27.6. The zero-order valence-electron chi connectivity index (χ0n) is 16.0. The number of fused-ring (bicyclic) bond motifs is 2. The standard InChI is InChI=1S/C21H16F7NO3/c22-12-5-4-11(21(26,27)28)7-13(12)29-19(31)17-15-8-14(30)18(32-15)16(17)9-2-1-3-10(6-9)20(23,24)25/h1-7,14-18,30H,8H2,(H,29,31). The van der Waals surface area contributed by atoms with Crippen LogP contribution >= 0.6 is 0 Å². The third-order valence-corrected chi connectivity index (χ3v) is 5.78. The van der Waals surface area contributed by atoms with Gasteiger partial charge in [-0.15, -0.1) is 0 Å². The van der Waals surface area contributed by atoms with Gasteiger partial charge in [0.05, 0.1) is 41.0 Å². The first-order valence-electron chi connectivity index (χ1n) is 9.54. The Balaban J connectivity index is 1.66. The summed E-state index contributed by atoms with van der Waals surface area (Å²) < 4.78 is 98.0. The first-order valence-corrected chi connectivity index (χ1v) is 9.54. The van der Waals surface area contributed by atoms with E-state index in [1.54, 1.807) is 0 Å². The molecule has 1 amide bonds. The van der Waals surface area contributed by atoms with Crippen molar-refractivity contribution in [3.63, 3.8) is 0 Å². The lowest BCUT2D eigenvalue weighted by molar-refractivity contribution is -0.138. The van der Waals surface area contributed by atoms with Gasteiger partial charge in [-0.2, -0.15) is 26.3 Å². The van der Waals surface area contributed by atoms with E-state index in [1.807, 2.05) is 0 Å². The minimum Gasteiger partial charge on any atom is -0.390 e. The Bertz CT molecular complexity index is 1040. The van der Waals surface area contributed by atoms with E-state index in [1.165, 1.54) is 6.07 Å². The summed E-state index contributed by atoms with van der Waals surface area (Å²) in [6.45, 7) is 0. The summed E-state index contributed by atoms with van der Waals surface area (Å²) in [5.41, 5.74) is -2.77. The van der Waals surface area contributed by atoms with Gasteiger partial charge in [0, 0.05) is 12.3 Å². The van der Waals surface area contributed by atoms with Gasteiger partial charge < -0.3 is 15.2 Å². The minimum atomic E-state index is -4.77. The highest BCUT2D eigenvalue weighted by atomic mass is 19.4. The van der Waals surface area contributed by atoms with Gasteiger partial charge in [-0.25, -0.2) is 4.39 Å². The van der Waals surface area contributed by atoms with Crippen LogP contribution in [0.2, 0.25) is 0 Å². The maximum absolute atomic E-state index is 14.1. The van der Waals surface area contributed by atoms with Crippen LogP contribution in [0.5, 0.6) is 0 Å². The number of anilines is 1. The number of amides is 1. The van der Waals surface area contributed by atoms with Gasteiger partial charge in [-0.1, -0.05) is 18.2 Å². The summed E-state index contributed by atoms with van der Waals surface area (Å²) in [4.78, 5) is 12.9. The monoisotopic (exact) mass is 463 g/mol. The number of rotatable bonds is 3. The lowest BCUT2D eigenvalue weighted by Gasteiger charge is -2.30. The Labute approximate surface area is 177 Å². The molecule has 2 aliphatic heterocycles. The average molecular weight is 463 g/mol. The molecule has 32 heavy (non-hydrogen) atoms. The van der Waals surface area contributed by atoms with E-state index in [4.69, 9.17) is 4.74 Å². The molecule has 2 bridgehead atoms. The number of ether oxygens (including phenoxy) is 1. The van der Waals surface area contributed by atoms with E-state index in [0.717, 1.165) is 18.2 Å². The molecule has 2 heterocycles. The third kappa shape index (κ3) is 4.06. The van der Waals surface area contributed by atoms with Crippen LogP contribution in [0.15, 0.2) is 42.5 Å². The number of aliphatic hydroxyl groups excluding tert-OH is 1. The molecule has 4 nitrogen and oxygen atoms in total. The summed E-state index contributed by atoms with van der Waals surface area (Å²) in [5.74, 6) is -4.16. The number of nitrogens with one attached hydrogen (secondary N) is 1. The fourth-order valence-corrected chi connectivity index (χ4v) is 4.38. The van der Waals surface area contributed by atoms with Gasteiger partial charge in [0.2, 0.25) is 5.91 Å². The summed E-state index contributed by atoms with van der Waals surface area (Å²) in [5, 5.41) is 12.3. The molecule has 172 valence electrons. The largest absolute Gasteiger partial charge is 0.416 e. The van der Waals surface area contributed by atoms with Crippen LogP contribution in [0.1, 0.15) is 29.0 Å². The first-order chi connectivity index (χ1) is 14.9. The van der Waals surface area contributed by atoms with Crippen molar-refractivity contribution in [2.45, 2.75) is 43.0 Å². The van der Waals surface area contributed by atoms with Crippen molar-refractivity contribution in [3.8, 4) is 0 Å². The summed E-state index contributed by atoms with van der Waals surface area (Å²) in [6.07, 6.45) is -12.3. The van der Waals surface area contributed by atoms with Gasteiger partial charge in [-0.3, -0.25) is 4.79 Å². The zero-order chi connectivity index (χ0) is 23.4. The van der Waals surface area contributed by atoms with E-state index in [2.05, 4.69) is 5.32 Å². The molecule has 2 aliphatic rings. The second-order valence-corrected chi connectivity index (χ2v) is 7.80. The molecule has 5 unspecified atom stereocenters. The Hall–Kier alpha value is -2.66.